The van der Waals surface area contributed by atoms with Crippen LogP contribution in [-0.2, 0) is 0 Å². The molecule has 0 aromatic heterocycles. The van der Waals surface area contributed by atoms with Gasteiger partial charge in [0.1, 0.15) is 6.10 Å². The molecule has 0 radical (unpaired) electrons. The first-order chi connectivity index (χ1) is 9.15. The number of anilines is 1. The summed E-state index contributed by atoms with van der Waals surface area (Å²) >= 11 is 7.00. The average molecular weight is 383 g/mol. The molecular weight excluding hydrogens is 370 g/mol. The maximum absolute atomic E-state index is 6.18. The van der Waals surface area contributed by atoms with Crippen molar-refractivity contribution in [1.29, 1.82) is 0 Å². The Morgan fingerprint density at radius 3 is 2.53 bits per heavy atom. The highest BCUT2D eigenvalue weighted by molar-refractivity contribution is 9.10. The monoisotopic (exact) mass is 381 g/mol. The summed E-state index contributed by atoms with van der Waals surface area (Å²) in [4.78, 5) is 0. The topological polar surface area (TPSA) is 21.3 Å². The number of hydrogen-bond acceptors (Lipinski definition) is 2. The Bertz CT molecular complexity index is 598. The molecule has 0 bridgehead atoms. The predicted octanol–water partition coefficient (Wildman–Crippen LogP) is 5.15. The lowest BCUT2D eigenvalue weighted by Gasteiger charge is -2.34. The van der Waals surface area contributed by atoms with Crippen LogP contribution in [0.3, 0.4) is 0 Å². The Balaban J connectivity index is 1.97. The summed E-state index contributed by atoms with van der Waals surface area (Å²) in [5, 5.41) is 3.50. The third-order valence-corrected chi connectivity index (χ3v) is 4.40. The van der Waals surface area contributed by atoms with Crippen molar-refractivity contribution in [1.82, 2.24) is 0 Å². The summed E-state index contributed by atoms with van der Waals surface area (Å²) in [6.07, 6.45) is 0.0132. The molecular formula is C15H13Br2NO. The quantitative estimate of drug-likeness (QED) is 0.736. The van der Waals surface area contributed by atoms with Gasteiger partial charge in [-0.3, -0.25) is 0 Å². The second-order valence-electron chi connectivity index (χ2n) is 4.64. The summed E-state index contributed by atoms with van der Waals surface area (Å²) < 4.78 is 8.23. The Morgan fingerprint density at radius 2 is 1.79 bits per heavy atom. The number of ether oxygens (including phenoxy) is 1. The molecule has 2 unspecified atom stereocenters. The van der Waals surface area contributed by atoms with E-state index < -0.39 is 0 Å². The summed E-state index contributed by atoms with van der Waals surface area (Å²) in [6.45, 7) is 2.14. The van der Waals surface area contributed by atoms with E-state index in [1.54, 1.807) is 0 Å². The second kappa shape index (κ2) is 5.17. The zero-order valence-corrected chi connectivity index (χ0v) is 13.5. The van der Waals surface area contributed by atoms with Gasteiger partial charge in [-0.05, 0) is 52.7 Å². The predicted molar refractivity (Wildman–Crippen MR) is 84.7 cm³/mol. The molecule has 2 nitrogen and oxygen atoms in total. The Kier molecular flexibility index (Phi) is 3.54. The first-order valence-electron chi connectivity index (χ1n) is 6.12. The Labute approximate surface area is 129 Å². The van der Waals surface area contributed by atoms with Gasteiger partial charge in [0.05, 0.1) is 16.2 Å². The lowest BCUT2D eigenvalue weighted by atomic mass is 10.0. The van der Waals surface area contributed by atoms with E-state index in [0.717, 1.165) is 20.4 Å². The number of rotatable bonds is 1. The number of benzene rings is 2. The van der Waals surface area contributed by atoms with Crippen molar-refractivity contribution in [2.24, 2.45) is 0 Å². The van der Waals surface area contributed by atoms with Gasteiger partial charge in [-0.1, -0.05) is 34.1 Å². The van der Waals surface area contributed by atoms with Crippen LogP contribution in [0.1, 0.15) is 18.6 Å². The van der Waals surface area contributed by atoms with Gasteiger partial charge >= 0.3 is 0 Å². The van der Waals surface area contributed by atoms with E-state index in [1.165, 1.54) is 5.56 Å². The molecule has 1 aliphatic heterocycles. The molecule has 1 heterocycles. The molecule has 98 valence electrons. The first-order valence-corrected chi connectivity index (χ1v) is 7.71. The molecule has 0 aliphatic carbocycles. The number of para-hydroxylation sites is 1. The van der Waals surface area contributed by atoms with Crippen LogP contribution >= 0.6 is 31.9 Å². The minimum Gasteiger partial charge on any atom is -0.480 e. The van der Waals surface area contributed by atoms with E-state index in [1.807, 2.05) is 30.3 Å². The lowest BCUT2D eigenvalue weighted by molar-refractivity contribution is 0.176. The molecule has 3 rings (SSSR count). The van der Waals surface area contributed by atoms with Gasteiger partial charge in [0.2, 0.25) is 0 Å². The van der Waals surface area contributed by atoms with Crippen LogP contribution in [0.15, 0.2) is 51.4 Å². The number of hydrogen-bond donors (Lipinski definition) is 1. The van der Waals surface area contributed by atoms with Crippen molar-refractivity contribution >= 4 is 37.5 Å². The van der Waals surface area contributed by atoms with Crippen LogP contribution in [0.2, 0.25) is 0 Å². The Hall–Kier alpha value is -1.00. The van der Waals surface area contributed by atoms with E-state index in [0.29, 0.717) is 0 Å². The smallest absolute Gasteiger partial charge is 0.157 e. The maximum Gasteiger partial charge on any atom is 0.157 e. The number of halogens is 2. The van der Waals surface area contributed by atoms with Gasteiger partial charge in [0.15, 0.2) is 5.75 Å². The standard InChI is InChI=1S/C15H13Br2NO/c1-9-14(10-5-7-11(16)8-6-10)19-15-12(17)3-2-4-13(15)18-9/h2-9,14,18H,1H3. The van der Waals surface area contributed by atoms with Crippen LogP contribution in [0.5, 0.6) is 5.75 Å². The lowest BCUT2D eigenvalue weighted by Crippen LogP contribution is -2.32. The van der Waals surface area contributed by atoms with Crippen LogP contribution in [-0.4, -0.2) is 6.04 Å². The van der Waals surface area contributed by atoms with Crippen molar-refractivity contribution < 1.29 is 4.74 Å². The van der Waals surface area contributed by atoms with Crippen LogP contribution in [0.25, 0.3) is 0 Å². The van der Waals surface area contributed by atoms with Crippen molar-refractivity contribution in [3.63, 3.8) is 0 Å². The van der Waals surface area contributed by atoms with Gasteiger partial charge in [-0.25, -0.2) is 0 Å². The molecule has 4 heteroatoms. The molecule has 0 spiro atoms. The molecule has 0 saturated carbocycles. The van der Waals surface area contributed by atoms with Gasteiger partial charge in [0, 0.05) is 4.47 Å². The van der Waals surface area contributed by atoms with Gasteiger partial charge in [0.25, 0.3) is 0 Å². The zero-order valence-electron chi connectivity index (χ0n) is 10.4. The molecule has 0 fully saturated rings. The second-order valence-corrected chi connectivity index (χ2v) is 6.41. The number of fused-ring (bicyclic) bond motifs is 1. The van der Waals surface area contributed by atoms with E-state index in [9.17, 15) is 0 Å². The van der Waals surface area contributed by atoms with Crippen molar-refractivity contribution in [3.05, 3.63) is 57.0 Å². The van der Waals surface area contributed by atoms with Gasteiger partial charge in [-0.15, -0.1) is 0 Å². The fraction of sp³-hybridized carbons (Fsp3) is 0.200. The zero-order chi connectivity index (χ0) is 13.4. The molecule has 19 heavy (non-hydrogen) atoms. The highest BCUT2D eigenvalue weighted by Crippen LogP contribution is 2.42. The SMILES string of the molecule is CC1Nc2cccc(Br)c2OC1c1ccc(Br)cc1. The summed E-state index contributed by atoms with van der Waals surface area (Å²) in [7, 11) is 0. The van der Waals surface area contributed by atoms with Crippen molar-refractivity contribution in [3.8, 4) is 5.75 Å². The molecule has 1 N–H and O–H groups in total. The van der Waals surface area contributed by atoms with E-state index in [2.05, 4.69) is 56.2 Å². The minimum atomic E-state index is 0.0132. The minimum absolute atomic E-state index is 0.0132. The maximum atomic E-state index is 6.18. The highest BCUT2D eigenvalue weighted by Gasteiger charge is 2.28. The molecule has 1 aliphatic rings. The molecule has 0 saturated heterocycles. The molecule has 2 aromatic carbocycles. The first kappa shape index (κ1) is 13.0. The third-order valence-electron chi connectivity index (χ3n) is 3.25. The molecule has 2 aromatic rings. The average Bonchev–Trinajstić information content (AvgIpc) is 2.40. The van der Waals surface area contributed by atoms with Crippen molar-refractivity contribution in [2.45, 2.75) is 19.1 Å². The highest BCUT2D eigenvalue weighted by atomic mass is 79.9. The van der Waals surface area contributed by atoms with Crippen LogP contribution in [0, 0.1) is 0 Å². The van der Waals surface area contributed by atoms with Gasteiger partial charge < -0.3 is 10.1 Å². The number of nitrogens with one attached hydrogen (secondary N) is 1. The normalized spacial score (nSPS) is 21.2. The van der Waals surface area contributed by atoms with E-state index >= 15 is 0 Å². The molecule has 2 atom stereocenters. The van der Waals surface area contributed by atoms with E-state index in [4.69, 9.17) is 4.74 Å². The summed E-state index contributed by atoms with van der Waals surface area (Å²) in [6, 6.07) is 14.5. The summed E-state index contributed by atoms with van der Waals surface area (Å²) in [5.74, 6) is 0.883. The fourth-order valence-electron chi connectivity index (χ4n) is 2.30. The van der Waals surface area contributed by atoms with Crippen molar-refractivity contribution in [2.75, 3.05) is 5.32 Å². The van der Waals surface area contributed by atoms with E-state index in [-0.39, 0.29) is 12.1 Å². The van der Waals surface area contributed by atoms with Gasteiger partial charge in [-0.2, -0.15) is 0 Å². The van der Waals surface area contributed by atoms with Crippen LogP contribution < -0.4 is 10.1 Å². The molecule has 0 amide bonds. The third kappa shape index (κ3) is 2.51. The largest absolute Gasteiger partial charge is 0.480 e. The fourth-order valence-corrected chi connectivity index (χ4v) is 3.03. The Morgan fingerprint density at radius 1 is 1.05 bits per heavy atom. The summed E-state index contributed by atoms with van der Waals surface area (Å²) in [5.41, 5.74) is 2.21. The van der Waals surface area contributed by atoms with Crippen LogP contribution in [0.4, 0.5) is 5.69 Å².